The van der Waals surface area contributed by atoms with Crippen molar-refractivity contribution < 1.29 is 52.2 Å². The number of aliphatic hydroxyl groups is 1. The van der Waals surface area contributed by atoms with Gasteiger partial charge in [0.1, 0.15) is 12.7 Å². The second-order valence-electron chi connectivity index (χ2n) is 18.4. The molecule has 0 bridgehead atoms. The summed E-state index contributed by atoms with van der Waals surface area (Å²) in [7, 11) is -4.74. The molecule has 0 saturated heterocycles. The minimum absolute atomic E-state index is 0.160. The number of esters is 3. The Morgan fingerprint density at radius 2 is 0.697 bits per heavy atom. The van der Waals surface area contributed by atoms with E-state index in [4.69, 9.17) is 23.3 Å². The van der Waals surface area contributed by atoms with Gasteiger partial charge in [-0.05, 0) is 70.6 Å². The summed E-state index contributed by atoms with van der Waals surface area (Å²) in [5.41, 5.74) is 0. The Bertz CT molecular complexity index is 1210. The van der Waals surface area contributed by atoms with E-state index in [0.717, 1.165) is 96.3 Å². The second-order valence-corrected chi connectivity index (χ2v) is 19.8. The van der Waals surface area contributed by atoms with Gasteiger partial charge < -0.3 is 24.2 Å². The van der Waals surface area contributed by atoms with E-state index < -0.39 is 57.8 Å². The summed E-state index contributed by atoms with van der Waals surface area (Å²) in [6.45, 7) is 4.61. The molecule has 0 aromatic carbocycles. The molecule has 0 fully saturated rings. The van der Waals surface area contributed by atoms with Crippen LogP contribution in [0.3, 0.4) is 0 Å². The van der Waals surface area contributed by atoms with Gasteiger partial charge in [0.05, 0.1) is 19.8 Å². The van der Waals surface area contributed by atoms with Crippen molar-refractivity contribution in [2.45, 2.75) is 277 Å². The van der Waals surface area contributed by atoms with Crippen LogP contribution in [0.1, 0.15) is 265 Å². The lowest BCUT2D eigenvalue weighted by Gasteiger charge is -2.21. The fourth-order valence-electron chi connectivity index (χ4n) is 7.64. The zero-order valence-electron chi connectivity index (χ0n) is 42.7. The van der Waals surface area contributed by atoms with Crippen LogP contribution in [0.4, 0.5) is 0 Å². The maximum Gasteiger partial charge on any atom is 0.472 e. The number of aliphatic hydroxyl groups excluding tert-OH is 1. The van der Waals surface area contributed by atoms with Crippen molar-refractivity contribution in [1.82, 2.24) is 0 Å². The average molecular weight is 957 g/mol. The Morgan fingerprint density at radius 3 is 1.06 bits per heavy atom. The molecule has 11 nitrogen and oxygen atoms in total. The number of unbranched alkanes of at least 4 members (excludes halogenated alkanes) is 30. The van der Waals surface area contributed by atoms with Gasteiger partial charge in [0, 0.05) is 19.3 Å². The topological polar surface area (TPSA) is 155 Å². The van der Waals surface area contributed by atoms with Gasteiger partial charge in [-0.2, -0.15) is 0 Å². The van der Waals surface area contributed by atoms with Crippen LogP contribution in [0.25, 0.3) is 0 Å². The third-order valence-electron chi connectivity index (χ3n) is 11.8. The smallest absolute Gasteiger partial charge is 0.462 e. The van der Waals surface area contributed by atoms with Gasteiger partial charge in [-0.25, -0.2) is 4.57 Å². The zero-order valence-corrected chi connectivity index (χ0v) is 43.6. The van der Waals surface area contributed by atoms with Gasteiger partial charge >= 0.3 is 25.7 Å². The van der Waals surface area contributed by atoms with E-state index in [-0.39, 0.29) is 25.9 Å². The molecule has 0 heterocycles. The fourth-order valence-corrected chi connectivity index (χ4v) is 8.42. The van der Waals surface area contributed by atoms with E-state index in [9.17, 15) is 28.9 Å². The predicted molar refractivity (Wildman–Crippen MR) is 270 cm³/mol. The molecule has 0 saturated carbocycles. The SMILES string of the molecule is CCCCCC/C=C\CCCCCCCC(=O)OCC(COP(=O)(O)OCC(CO)OC(=O)CCCCCCCCCCCCCCC)OC(=O)CCCCCCC/C=C\CCCCCC. The minimum Gasteiger partial charge on any atom is -0.462 e. The summed E-state index contributed by atoms with van der Waals surface area (Å²) in [6.07, 6.45) is 47.1. The minimum atomic E-state index is -4.74. The Morgan fingerprint density at radius 1 is 0.409 bits per heavy atom. The molecule has 0 radical (unpaired) electrons. The fraction of sp³-hybridized carbons (Fsp3) is 0.870. The lowest BCUT2D eigenvalue weighted by atomic mass is 10.0. The number of allylic oxidation sites excluding steroid dienone is 4. The number of ether oxygens (including phenoxy) is 3. The highest BCUT2D eigenvalue weighted by atomic mass is 31.2. The normalized spacial score (nSPS) is 13.6. The lowest BCUT2D eigenvalue weighted by molar-refractivity contribution is -0.161. The first-order valence-corrected chi connectivity index (χ1v) is 28.7. The maximum atomic E-state index is 12.8. The molecular weight excluding hydrogens is 856 g/mol. The highest BCUT2D eigenvalue weighted by Crippen LogP contribution is 2.43. The molecule has 0 aliphatic rings. The summed E-state index contributed by atoms with van der Waals surface area (Å²) in [5, 5.41) is 9.78. The first-order chi connectivity index (χ1) is 32.2. The van der Waals surface area contributed by atoms with Gasteiger partial charge in [0.25, 0.3) is 0 Å². The van der Waals surface area contributed by atoms with Crippen molar-refractivity contribution in [3.05, 3.63) is 24.3 Å². The highest BCUT2D eigenvalue weighted by Gasteiger charge is 2.28. The van der Waals surface area contributed by atoms with Gasteiger partial charge in [-0.3, -0.25) is 23.4 Å². The lowest BCUT2D eigenvalue weighted by Crippen LogP contribution is -2.30. The first kappa shape index (κ1) is 64.0. The maximum absolute atomic E-state index is 12.8. The molecular formula is C54H101O11P. The van der Waals surface area contributed by atoms with Crippen LogP contribution in [-0.2, 0) is 42.2 Å². The molecule has 388 valence electrons. The molecule has 3 unspecified atom stereocenters. The van der Waals surface area contributed by atoms with Crippen LogP contribution in [0.15, 0.2) is 24.3 Å². The van der Waals surface area contributed by atoms with Gasteiger partial charge in [0.15, 0.2) is 6.10 Å². The molecule has 0 aliphatic heterocycles. The van der Waals surface area contributed by atoms with Crippen LogP contribution in [0, 0.1) is 0 Å². The van der Waals surface area contributed by atoms with E-state index in [1.807, 2.05) is 0 Å². The number of hydrogen-bond acceptors (Lipinski definition) is 10. The zero-order chi connectivity index (χ0) is 48.4. The van der Waals surface area contributed by atoms with Crippen molar-refractivity contribution in [1.29, 1.82) is 0 Å². The molecule has 0 aromatic rings. The monoisotopic (exact) mass is 957 g/mol. The van der Waals surface area contributed by atoms with Gasteiger partial charge in [-0.15, -0.1) is 0 Å². The largest absolute Gasteiger partial charge is 0.472 e. The van der Waals surface area contributed by atoms with Crippen molar-refractivity contribution in [2.75, 3.05) is 26.4 Å². The van der Waals surface area contributed by atoms with Crippen LogP contribution in [0.5, 0.6) is 0 Å². The average Bonchev–Trinajstić information content (AvgIpc) is 3.30. The molecule has 2 N–H and O–H groups in total. The van der Waals surface area contributed by atoms with Crippen LogP contribution in [0.2, 0.25) is 0 Å². The highest BCUT2D eigenvalue weighted by molar-refractivity contribution is 7.47. The molecule has 0 amide bonds. The number of carbonyl (C=O) groups excluding carboxylic acids is 3. The molecule has 66 heavy (non-hydrogen) atoms. The molecule has 0 aromatic heterocycles. The number of carbonyl (C=O) groups is 3. The summed E-state index contributed by atoms with van der Waals surface area (Å²) in [6, 6.07) is 0. The number of phosphoric acid groups is 1. The molecule has 3 atom stereocenters. The summed E-state index contributed by atoms with van der Waals surface area (Å²) < 4.78 is 39.4. The van der Waals surface area contributed by atoms with Gasteiger partial charge in [-0.1, -0.05) is 199 Å². The van der Waals surface area contributed by atoms with Crippen molar-refractivity contribution >= 4 is 25.7 Å². The summed E-state index contributed by atoms with van der Waals surface area (Å²) in [5.74, 6) is -1.47. The van der Waals surface area contributed by atoms with Crippen molar-refractivity contribution in [3.8, 4) is 0 Å². The number of hydrogen-bond donors (Lipinski definition) is 2. The molecule has 12 heteroatoms. The van der Waals surface area contributed by atoms with E-state index >= 15 is 0 Å². The molecule has 0 spiro atoms. The van der Waals surface area contributed by atoms with Crippen LogP contribution < -0.4 is 0 Å². The van der Waals surface area contributed by atoms with E-state index in [0.29, 0.717) is 19.3 Å². The van der Waals surface area contributed by atoms with Crippen LogP contribution in [-0.4, -0.2) is 66.5 Å². The second kappa shape index (κ2) is 49.4. The number of phosphoric ester groups is 1. The van der Waals surface area contributed by atoms with E-state index in [2.05, 4.69) is 45.1 Å². The van der Waals surface area contributed by atoms with Gasteiger partial charge in [0.2, 0.25) is 0 Å². The predicted octanol–water partition coefficient (Wildman–Crippen LogP) is 15.5. The van der Waals surface area contributed by atoms with Crippen molar-refractivity contribution in [2.24, 2.45) is 0 Å². The summed E-state index contributed by atoms with van der Waals surface area (Å²) >= 11 is 0. The van der Waals surface area contributed by atoms with Crippen molar-refractivity contribution in [3.63, 3.8) is 0 Å². The Labute approximate surface area is 404 Å². The number of rotatable bonds is 51. The Kier molecular flexibility index (Phi) is 47.9. The third kappa shape index (κ3) is 47.0. The van der Waals surface area contributed by atoms with E-state index in [1.54, 1.807) is 0 Å². The molecule has 0 aliphatic carbocycles. The third-order valence-corrected chi connectivity index (χ3v) is 12.8. The first-order valence-electron chi connectivity index (χ1n) is 27.2. The summed E-state index contributed by atoms with van der Waals surface area (Å²) in [4.78, 5) is 48.3. The Hall–Kier alpha value is -2.04. The Balaban J connectivity index is 4.71. The quantitative estimate of drug-likeness (QED) is 0.0197. The van der Waals surface area contributed by atoms with Crippen LogP contribution >= 0.6 is 7.82 Å². The molecule has 0 rings (SSSR count). The standard InChI is InChI=1S/C54H101O11P/c1-4-7-10-13-16-19-22-25-28-31-34-37-40-43-52(56)61-47-51(65-54(58)45-42-39-36-33-30-27-24-21-18-15-12-9-6-3)49-63-66(59,60)62-48-50(46-55)64-53(57)44-41-38-35-32-29-26-23-20-17-14-11-8-5-2/h19,21-22,24,50-51,55H,4-18,20,23,25-49H2,1-3H3,(H,59,60)/b22-19-,24-21-. The van der Waals surface area contributed by atoms with E-state index in [1.165, 1.54) is 109 Å².